The number of carbonyl (C=O) groups is 3. The number of rotatable bonds is 91. The van der Waals surface area contributed by atoms with E-state index in [1.54, 1.807) is 0 Å². The van der Waals surface area contributed by atoms with Gasteiger partial charge in [0, 0.05) is 19.3 Å². The first-order valence-electron chi connectivity index (χ1n) is 48.4. The molecule has 18 heteroatoms. The van der Waals surface area contributed by atoms with Gasteiger partial charge in [0.05, 0.1) is 26.4 Å². The number of phosphoric acid groups is 2. The summed E-state index contributed by atoms with van der Waals surface area (Å²) in [7, 11) is -9.82. The van der Waals surface area contributed by atoms with Crippen molar-refractivity contribution in [1.82, 2.24) is 0 Å². The first-order valence-corrected chi connectivity index (χ1v) is 51.4. The van der Waals surface area contributed by atoms with Gasteiger partial charge in [0.25, 0.3) is 0 Å². The minimum Gasteiger partial charge on any atom is -0.463 e. The fourth-order valence-corrected chi connectivity index (χ4v) is 14.7. The zero-order valence-corrected chi connectivity index (χ0v) is 78.4. The fraction of sp³-hybridized carbons (Fsp3) is 0.699. The maximum Gasteiger partial charge on any atom is 0.472 e. The minimum atomic E-state index is -4.95. The number of unbranched alkanes of at least 4 members (excludes halogenated alkanes) is 40. The van der Waals surface area contributed by atoms with E-state index in [1.807, 2.05) is 0 Å². The lowest BCUT2D eigenvalue weighted by molar-refractivity contribution is -0.161. The van der Waals surface area contributed by atoms with Gasteiger partial charge in [0.2, 0.25) is 0 Å². The SMILES string of the molecule is CC/C=C\C/C=C\C/C=C\C/C=C\C/C=C\C/C=C\CCCCCCCCCCC(=O)OCC(COP(=O)(O)OCC(O)COP(=O)(O)OCC(O)COC(=O)CCCCCCCCCCCCCCCCCCCCC/C=C\C/C=C\C/C=C\C/C=C\CCCCC)OC(=O)CCCCCCCCC/C=C\C/C=C\C/C=C\C/C=C\CCCCC. The summed E-state index contributed by atoms with van der Waals surface area (Å²) in [4.78, 5) is 59.1. The van der Waals surface area contributed by atoms with Crippen molar-refractivity contribution in [1.29, 1.82) is 0 Å². The van der Waals surface area contributed by atoms with Gasteiger partial charge in [-0.15, -0.1) is 0 Å². The van der Waals surface area contributed by atoms with Crippen LogP contribution in [0.4, 0.5) is 0 Å². The summed E-state index contributed by atoms with van der Waals surface area (Å²) in [6, 6.07) is 0. The molecule has 0 aliphatic carbocycles. The zero-order chi connectivity index (χ0) is 87.9. The third kappa shape index (κ3) is 95.4. The molecule has 0 bridgehead atoms. The molecule has 5 unspecified atom stereocenters. The van der Waals surface area contributed by atoms with E-state index in [9.17, 15) is 43.5 Å². The third-order valence-corrected chi connectivity index (χ3v) is 22.3. The Balaban J connectivity index is 4.57. The molecule has 121 heavy (non-hydrogen) atoms. The van der Waals surface area contributed by atoms with Gasteiger partial charge in [-0.25, -0.2) is 9.13 Å². The molecule has 0 fully saturated rings. The molecule has 0 aliphatic rings. The fourth-order valence-electron chi connectivity index (χ4n) is 13.1. The van der Waals surface area contributed by atoms with E-state index in [2.05, 4.69) is 191 Å². The second-order valence-corrected chi connectivity index (χ2v) is 35.0. The van der Waals surface area contributed by atoms with E-state index >= 15 is 0 Å². The van der Waals surface area contributed by atoms with Crippen LogP contribution in [-0.2, 0) is 55.8 Å². The Labute approximate surface area is 739 Å². The van der Waals surface area contributed by atoms with E-state index in [-0.39, 0.29) is 19.3 Å². The summed E-state index contributed by atoms with van der Waals surface area (Å²) < 4.78 is 61.6. The van der Waals surface area contributed by atoms with Crippen molar-refractivity contribution in [2.24, 2.45) is 0 Å². The molecule has 16 nitrogen and oxygen atoms in total. The number of aliphatic hydroxyl groups is 2. The van der Waals surface area contributed by atoms with Gasteiger partial charge in [-0.2, -0.15) is 0 Å². The van der Waals surface area contributed by atoms with E-state index < -0.39 is 91.5 Å². The normalized spacial score (nSPS) is 14.5. The van der Waals surface area contributed by atoms with Crippen LogP contribution < -0.4 is 0 Å². The van der Waals surface area contributed by atoms with Crippen molar-refractivity contribution < 1.29 is 75.8 Å². The maximum absolute atomic E-state index is 13.1. The number of carbonyl (C=O) groups excluding carboxylic acids is 3. The molecule has 0 aromatic carbocycles. The first-order chi connectivity index (χ1) is 59.2. The lowest BCUT2D eigenvalue weighted by Crippen LogP contribution is -2.30. The predicted molar refractivity (Wildman–Crippen MR) is 509 cm³/mol. The largest absolute Gasteiger partial charge is 0.472 e. The molecule has 0 spiro atoms. The second-order valence-electron chi connectivity index (χ2n) is 32.1. The molecular weight excluding hydrogens is 1560 g/mol. The monoisotopic (exact) mass is 1730 g/mol. The lowest BCUT2D eigenvalue weighted by Gasteiger charge is -2.21. The molecule has 4 N–H and O–H groups in total. The van der Waals surface area contributed by atoms with Crippen molar-refractivity contribution in [2.75, 3.05) is 39.6 Å². The number of phosphoric ester groups is 2. The van der Waals surface area contributed by atoms with Crippen LogP contribution >= 0.6 is 15.6 Å². The first kappa shape index (κ1) is 116. The number of allylic oxidation sites excluding steroid dienone is 28. The highest BCUT2D eigenvalue weighted by molar-refractivity contribution is 7.47. The molecule has 0 radical (unpaired) electrons. The lowest BCUT2D eigenvalue weighted by atomic mass is 10.0. The molecule has 5 atom stereocenters. The quantitative estimate of drug-likeness (QED) is 0.0146. The molecular formula is C103H176O16P2. The topological polar surface area (TPSA) is 231 Å². The summed E-state index contributed by atoms with van der Waals surface area (Å²) in [6.45, 7) is 2.54. The van der Waals surface area contributed by atoms with E-state index in [0.717, 1.165) is 186 Å². The Hall–Kier alpha value is -5.09. The van der Waals surface area contributed by atoms with Crippen molar-refractivity contribution in [2.45, 2.75) is 424 Å². The molecule has 0 saturated heterocycles. The van der Waals surface area contributed by atoms with Crippen LogP contribution in [0.3, 0.4) is 0 Å². The number of ether oxygens (including phenoxy) is 3. The van der Waals surface area contributed by atoms with Gasteiger partial charge < -0.3 is 34.2 Å². The Bertz CT molecular complexity index is 2880. The van der Waals surface area contributed by atoms with E-state index in [4.69, 9.17) is 32.3 Å². The van der Waals surface area contributed by atoms with Crippen LogP contribution in [0.1, 0.15) is 406 Å². The standard InChI is InChI=1S/C103H176O16P2/c1-4-7-10-13-16-19-22-25-28-31-34-37-40-42-44-45-46-47-48-49-50-51-53-55-57-59-62-65-68-71-74-77-80-83-86-89-101(106)113-92-98(104)93-115-120(109,110)116-94-99(105)95-117-121(111,112)118-97-100(119-103(108)91-88-85-82-79-76-73-70-67-64-61-56-39-36-33-30-27-24-21-18-15-12-9-6-3)96-114-102(107)90-87-84-81-78-75-72-69-66-63-60-58-54-52-43-41-38-35-32-29-26-23-20-17-14-11-8-5-2/h8,11,16-21,25-30,34-39,42-44,52,58,60-61,64,98-100,104-105H,4-7,9-10,12-15,22-24,31-33,40-41,45-51,53-57,59,62-63,65-97H2,1-3H3,(H,109,110)(H,111,112)/b11-8-,19-16-,20-17-,21-18-,28-25-,29-26-,30-27-,37-34-,38-35-,39-36-,44-42-,52-43-,60-58-,64-61-. The number of hydrogen-bond acceptors (Lipinski definition) is 14. The highest BCUT2D eigenvalue weighted by atomic mass is 31.2. The van der Waals surface area contributed by atoms with Crippen LogP contribution in [0, 0.1) is 0 Å². The average Bonchev–Trinajstić information content (AvgIpc) is 0.893. The van der Waals surface area contributed by atoms with Crippen LogP contribution in [0.5, 0.6) is 0 Å². The Morgan fingerprint density at radius 2 is 0.438 bits per heavy atom. The Morgan fingerprint density at radius 3 is 0.694 bits per heavy atom. The Morgan fingerprint density at radius 1 is 0.240 bits per heavy atom. The van der Waals surface area contributed by atoms with Crippen molar-refractivity contribution in [3.63, 3.8) is 0 Å². The summed E-state index contributed by atoms with van der Waals surface area (Å²) in [5, 5.41) is 20.8. The average molecular weight is 1730 g/mol. The molecule has 0 aliphatic heterocycles. The predicted octanol–water partition coefficient (Wildman–Crippen LogP) is 30.2. The van der Waals surface area contributed by atoms with Gasteiger partial charge in [-0.05, 0) is 161 Å². The van der Waals surface area contributed by atoms with Gasteiger partial charge in [-0.1, -0.05) is 396 Å². The second kappa shape index (κ2) is 94.1. The molecule has 0 heterocycles. The number of esters is 3. The summed E-state index contributed by atoms with van der Waals surface area (Å²) >= 11 is 0. The molecule has 0 aromatic rings. The van der Waals surface area contributed by atoms with E-state index in [1.165, 1.54) is 161 Å². The summed E-state index contributed by atoms with van der Waals surface area (Å²) in [6.07, 6.45) is 123. The van der Waals surface area contributed by atoms with Crippen LogP contribution in [0.15, 0.2) is 170 Å². The third-order valence-electron chi connectivity index (χ3n) is 20.4. The van der Waals surface area contributed by atoms with E-state index in [0.29, 0.717) is 19.3 Å². The maximum atomic E-state index is 13.1. The van der Waals surface area contributed by atoms with Gasteiger partial charge in [0.1, 0.15) is 25.4 Å². The zero-order valence-electron chi connectivity index (χ0n) is 76.6. The highest BCUT2D eigenvalue weighted by Gasteiger charge is 2.30. The van der Waals surface area contributed by atoms with Crippen molar-refractivity contribution >= 4 is 33.6 Å². The molecule has 0 amide bonds. The van der Waals surface area contributed by atoms with Crippen molar-refractivity contribution in [3.8, 4) is 0 Å². The van der Waals surface area contributed by atoms with Crippen LogP contribution in [0.2, 0.25) is 0 Å². The summed E-state index contributed by atoms with van der Waals surface area (Å²) in [5.74, 6) is -1.59. The molecule has 694 valence electrons. The van der Waals surface area contributed by atoms with Gasteiger partial charge in [0.15, 0.2) is 6.10 Å². The number of aliphatic hydroxyl groups excluding tert-OH is 2. The van der Waals surface area contributed by atoms with Gasteiger partial charge in [-0.3, -0.25) is 32.5 Å². The van der Waals surface area contributed by atoms with Crippen LogP contribution in [-0.4, -0.2) is 95.9 Å². The Kier molecular flexibility index (Phi) is 90.1. The molecule has 0 saturated carbocycles. The molecule has 0 aromatic heterocycles. The highest BCUT2D eigenvalue weighted by Crippen LogP contribution is 2.45. The number of hydrogen-bond donors (Lipinski definition) is 4. The molecule has 0 rings (SSSR count). The van der Waals surface area contributed by atoms with Gasteiger partial charge >= 0.3 is 33.6 Å². The smallest absolute Gasteiger partial charge is 0.463 e. The van der Waals surface area contributed by atoms with Crippen molar-refractivity contribution in [3.05, 3.63) is 170 Å². The minimum absolute atomic E-state index is 0.0855. The summed E-state index contributed by atoms with van der Waals surface area (Å²) in [5.41, 5.74) is 0. The van der Waals surface area contributed by atoms with Crippen LogP contribution in [0.25, 0.3) is 0 Å².